The summed E-state index contributed by atoms with van der Waals surface area (Å²) in [4.78, 5) is 25.6. The van der Waals surface area contributed by atoms with E-state index in [-0.39, 0.29) is 18.5 Å². The number of carbonyl (C=O) groups excluding carboxylic acids is 2. The molecule has 0 aromatic heterocycles. The highest BCUT2D eigenvalue weighted by Crippen LogP contribution is 2.30. The number of fused-ring (bicyclic) bond motifs is 1. The van der Waals surface area contributed by atoms with Crippen LogP contribution in [0.2, 0.25) is 0 Å². The van der Waals surface area contributed by atoms with Crippen LogP contribution in [0.4, 0.5) is 10.5 Å². The minimum Gasteiger partial charge on any atom is -0.490 e. The van der Waals surface area contributed by atoms with Gasteiger partial charge >= 0.3 is 6.03 Å². The zero-order valence-corrected chi connectivity index (χ0v) is 12.8. The number of carbonyl (C=O) groups is 2. The number of ether oxygens (including phenoxy) is 2. The second-order valence-corrected chi connectivity index (χ2v) is 5.12. The Balaban J connectivity index is 1.86. The van der Waals surface area contributed by atoms with Crippen molar-refractivity contribution in [3.63, 3.8) is 0 Å². The van der Waals surface area contributed by atoms with Crippen molar-refractivity contribution in [3.8, 4) is 5.75 Å². The van der Waals surface area contributed by atoms with E-state index in [1.54, 1.807) is 14.0 Å². The van der Waals surface area contributed by atoms with E-state index < -0.39 is 6.03 Å². The van der Waals surface area contributed by atoms with Gasteiger partial charge in [0.1, 0.15) is 12.4 Å². The van der Waals surface area contributed by atoms with Crippen LogP contribution in [0.3, 0.4) is 0 Å². The summed E-state index contributed by atoms with van der Waals surface area (Å²) >= 11 is 0. The molecule has 0 radical (unpaired) electrons. The highest BCUT2D eigenvalue weighted by Gasteiger charge is 2.20. The zero-order valence-electron chi connectivity index (χ0n) is 12.8. The van der Waals surface area contributed by atoms with Gasteiger partial charge in [-0.05, 0) is 19.1 Å². The van der Waals surface area contributed by atoms with Gasteiger partial charge in [-0.25, -0.2) is 4.79 Å². The molecule has 1 heterocycles. The fourth-order valence-corrected chi connectivity index (χ4v) is 2.28. The Morgan fingerprint density at radius 1 is 1.41 bits per heavy atom. The fourth-order valence-electron chi connectivity index (χ4n) is 2.28. The molecular formula is C15H21N3O4. The Hall–Kier alpha value is -2.28. The first-order chi connectivity index (χ1) is 10.6. The van der Waals surface area contributed by atoms with Gasteiger partial charge in [0.15, 0.2) is 0 Å². The average molecular weight is 307 g/mol. The molecule has 7 nitrogen and oxygen atoms in total. The van der Waals surface area contributed by atoms with Crippen LogP contribution < -0.4 is 20.3 Å². The molecule has 120 valence electrons. The lowest BCUT2D eigenvalue weighted by Crippen LogP contribution is -2.48. The van der Waals surface area contributed by atoms with Gasteiger partial charge in [-0.2, -0.15) is 0 Å². The Bertz CT molecular complexity index is 535. The lowest BCUT2D eigenvalue weighted by Gasteiger charge is -2.30. The van der Waals surface area contributed by atoms with Crippen LogP contribution in [0.15, 0.2) is 24.3 Å². The maximum absolute atomic E-state index is 12.0. The summed E-state index contributed by atoms with van der Waals surface area (Å²) in [5, 5.41) is 4.95. The van der Waals surface area contributed by atoms with Crippen molar-refractivity contribution in [2.24, 2.45) is 0 Å². The van der Waals surface area contributed by atoms with Crippen molar-refractivity contribution in [1.82, 2.24) is 10.6 Å². The van der Waals surface area contributed by atoms with Crippen molar-refractivity contribution >= 4 is 17.6 Å². The van der Waals surface area contributed by atoms with Gasteiger partial charge in [-0.3, -0.25) is 10.1 Å². The molecule has 2 rings (SSSR count). The van der Waals surface area contributed by atoms with Gasteiger partial charge < -0.3 is 19.7 Å². The third-order valence-electron chi connectivity index (χ3n) is 3.21. The maximum Gasteiger partial charge on any atom is 0.321 e. The number of benzene rings is 1. The molecule has 0 fully saturated rings. The van der Waals surface area contributed by atoms with Crippen LogP contribution in [-0.2, 0) is 9.53 Å². The van der Waals surface area contributed by atoms with Gasteiger partial charge in [0.2, 0.25) is 5.91 Å². The number of nitrogens with zero attached hydrogens (tertiary/aromatic N) is 1. The van der Waals surface area contributed by atoms with Gasteiger partial charge in [0.25, 0.3) is 0 Å². The van der Waals surface area contributed by atoms with Gasteiger partial charge in [0.05, 0.1) is 31.4 Å². The molecule has 1 aliphatic heterocycles. The van der Waals surface area contributed by atoms with Crippen LogP contribution in [0, 0.1) is 0 Å². The Kier molecular flexibility index (Phi) is 5.60. The van der Waals surface area contributed by atoms with Crippen molar-refractivity contribution in [3.05, 3.63) is 24.3 Å². The molecule has 2 N–H and O–H groups in total. The topological polar surface area (TPSA) is 79.9 Å². The Morgan fingerprint density at radius 2 is 2.18 bits per heavy atom. The van der Waals surface area contributed by atoms with Crippen molar-refractivity contribution in [2.75, 3.05) is 38.3 Å². The first-order valence-electron chi connectivity index (χ1n) is 7.16. The average Bonchev–Trinajstić information content (AvgIpc) is 2.47. The molecule has 0 bridgehead atoms. The lowest BCUT2D eigenvalue weighted by atomic mass is 10.2. The molecule has 0 unspecified atom stereocenters. The van der Waals surface area contributed by atoms with Crippen molar-refractivity contribution in [1.29, 1.82) is 0 Å². The molecule has 7 heteroatoms. The largest absolute Gasteiger partial charge is 0.490 e. The quantitative estimate of drug-likeness (QED) is 0.839. The number of anilines is 1. The van der Waals surface area contributed by atoms with Crippen molar-refractivity contribution in [2.45, 2.75) is 13.0 Å². The molecule has 1 aromatic rings. The van der Waals surface area contributed by atoms with E-state index in [9.17, 15) is 9.59 Å². The first-order valence-corrected chi connectivity index (χ1v) is 7.16. The lowest BCUT2D eigenvalue weighted by molar-refractivity contribution is -0.118. The fraction of sp³-hybridized carbons (Fsp3) is 0.467. The summed E-state index contributed by atoms with van der Waals surface area (Å²) < 4.78 is 10.4. The molecule has 0 saturated heterocycles. The smallest absolute Gasteiger partial charge is 0.321 e. The summed E-state index contributed by atoms with van der Waals surface area (Å²) in [6.07, 6.45) is 0. The van der Waals surface area contributed by atoms with E-state index in [2.05, 4.69) is 10.6 Å². The molecule has 0 aliphatic carbocycles. The van der Waals surface area contributed by atoms with Crippen LogP contribution >= 0.6 is 0 Å². The minimum absolute atomic E-state index is 0.104. The van der Waals surface area contributed by atoms with Gasteiger partial charge in [0, 0.05) is 7.11 Å². The van der Waals surface area contributed by atoms with Gasteiger partial charge in [-0.15, -0.1) is 0 Å². The van der Waals surface area contributed by atoms with Crippen LogP contribution in [0.1, 0.15) is 6.92 Å². The summed E-state index contributed by atoms with van der Waals surface area (Å²) in [5.74, 6) is 0.388. The highest BCUT2D eigenvalue weighted by atomic mass is 16.5. The molecule has 0 spiro atoms. The third kappa shape index (κ3) is 4.36. The molecular weight excluding hydrogens is 286 g/mol. The summed E-state index contributed by atoms with van der Waals surface area (Å²) in [5.41, 5.74) is 0.858. The number of hydrogen-bond acceptors (Lipinski definition) is 5. The van der Waals surface area contributed by atoms with Crippen LogP contribution in [-0.4, -0.2) is 51.4 Å². The second-order valence-electron chi connectivity index (χ2n) is 5.12. The number of urea groups is 1. The number of rotatable bonds is 5. The molecule has 22 heavy (non-hydrogen) atoms. The molecule has 1 aromatic carbocycles. The summed E-state index contributed by atoms with van der Waals surface area (Å²) in [7, 11) is 1.55. The van der Waals surface area contributed by atoms with E-state index >= 15 is 0 Å². The molecule has 0 saturated carbocycles. The van der Waals surface area contributed by atoms with E-state index in [0.29, 0.717) is 19.8 Å². The number of hydrogen-bond donors (Lipinski definition) is 2. The molecule has 1 atom stereocenters. The zero-order chi connectivity index (χ0) is 15.9. The Labute approximate surface area is 129 Å². The van der Waals surface area contributed by atoms with E-state index in [4.69, 9.17) is 9.47 Å². The SMILES string of the molecule is COC[C@@H](C)NC(=O)NC(=O)CN1CCOc2ccccc21. The minimum atomic E-state index is -0.518. The Morgan fingerprint density at radius 3 is 2.95 bits per heavy atom. The van der Waals surface area contributed by atoms with Gasteiger partial charge in [-0.1, -0.05) is 12.1 Å². The van der Waals surface area contributed by atoms with Crippen LogP contribution in [0.5, 0.6) is 5.75 Å². The molecule has 1 aliphatic rings. The predicted molar refractivity (Wildman–Crippen MR) is 82.2 cm³/mol. The van der Waals surface area contributed by atoms with E-state index in [0.717, 1.165) is 11.4 Å². The number of nitrogens with one attached hydrogen (secondary N) is 2. The first kappa shape index (κ1) is 16.1. The predicted octanol–water partition coefficient (Wildman–Crippen LogP) is 0.746. The van der Waals surface area contributed by atoms with E-state index in [1.165, 1.54) is 0 Å². The second kappa shape index (κ2) is 7.65. The van der Waals surface area contributed by atoms with Crippen molar-refractivity contribution < 1.29 is 19.1 Å². The number of para-hydroxylation sites is 2. The number of amides is 3. The summed E-state index contributed by atoms with van der Waals surface area (Å²) in [6, 6.07) is 6.84. The van der Waals surface area contributed by atoms with E-state index in [1.807, 2.05) is 29.2 Å². The summed E-state index contributed by atoms with van der Waals surface area (Å²) in [6.45, 7) is 3.41. The number of methoxy groups -OCH3 is 1. The maximum atomic E-state index is 12.0. The molecule has 3 amide bonds. The monoisotopic (exact) mass is 307 g/mol. The van der Waals surface area contributed by atoms with Crippen LogP contribution in [0.25, 0.3) is 0 Å². The normalized spacial score (nSPS) is 14.5. The standard InChI is InChI=1S/C15H21N3O4/c1-11(10-21-2)16-15(20)17-14(19)9-18-7-8-22-13-6-4-3-5-12(13)18/h3-6,11H,7-10H2,1-2H3,(H2,16,17,19,20)/t11-/m1/s1. The third-order valence-corrected chi connectivity index (χ3v) is 3.21. The highest BCUT2D eigenvalue weighted by molar-refractivity contribution is 5.96. The number of imide groups is 1.